The number of nitrogens with zero attached hydrogens (tertiary/aromatic N) is 2. The van der Waals surface area contributed by atoms with Crippen molar-refractivity contribution in [3.63, 3.8) is 0 Å². The topological polar surface area (TPSA) is 52.7 Å². The van der Waals surface area contributed by atoms with Crippen molar-refractivity contribution in [2.24, 2.45) is 0 Å². The number of benzene rings is 1. The number of rotatable bonds is 6. The predicted molar refractivity (Wildman–Crippen MR) is 102 cm³/mol. The van der Waals surface area contributed by atoms with E-state index >= 15 is 0 Å². The molecule has 6 heteroatoms. The van der Waals surface area contributed by atoms with Gasteiger partial charge in [-0.25, -0.2) is 4.72 Å². The molecule has 3 rings (SSSR count). The Labute approximate surface area is 152 Å². The quantitative estimate of drug-likeness (QED) is 0.843. The van der Waals surface area contributed by atoms with E-state index in [1.807, 2.05) is 0 Å². The SMILES string of the molecule is CCC(CNS(=O)(=O)N1CCCCCC1)N1CCc2ccccc2C1. The molecule has 0 saturated carbocycles. The number of fused-ring (bicyclic) bond motifs is 1. The van der Waals surface area contributed by atoms with Crippen LogP contribution in [0.15, 0.2) is 24.3 Å². The van der Waals surface area contributed by atoms with Crippen molar-refractivity contribution < 1.29 is 8.42 Å². The van der Waals surface area contributed by atoms with E-state index in [0.29, 0.717) is 19.6 Å². The molecule has 2 heterocycles. The minimum atomic E-state index is -3.35. The summed E-state index contributed by atoms with van der Waals surface area (Å²) in [6.07, 6.45) is 6.21. The van der Waals surface area contributed by atoms with E-state index < -0.39 is 10.2 Å². The Morgan fingerprint density at radius 1 is 1.04 bits per heavy atom. The van der Waals surface area contributed by atoms with E-state index in [9.17, 15) is 8.42 Å². The first-order valence-electron chi connectivity index (χ1n) is 9.65. The molecule has 0 spiro atoms. The van der Waals surface area contributed by atoms with Crippen molar-refractivity contribution in [2.45, 2.75) is 58.0 Å². The second-order valence-electron chi connectivity index (χ2n) is 7.22. The number of hydrogen-bond donors (Lipinski definition) is 1. The van der Waals surface area contributed by atoms with Gasteiger partial charge in [0, 0.05) is 38.8 Å². The normalized spacial score (nSPS) is 21.5. The van der Waals surface area contributed by atoms with E-state index in [1.165, 1.54) is 11.1 Å². The van der Waals surface area contributed by atoms with Crippen LogP contribution in [-0.2, 0) is 23.2 Å². The average Bonchev–Trinajstić information content (AvgIpc) is 2.92. The maximum Gasteiger partial charge on any atom is 0.279 e. The van der Waals surface area contributed by atoms with Gasteiger partial charge in [0.25, 0.3) is 10.2 Å². The molecular formula is C19H31N3O2S. The lowest BCUT2D eigenvalue weighted by Crippen LogP contribution is -2.49. The Kier molecular flexibility index (Phi) is 6.49. The fourth-order valence-corrected chi connectivity index (χ4v) is 5.26. The maximum atomic E-state index is 12.6. The van der Waals surface area contributed by atoms with Crippen LogP contribution in [0.3, 0.4) is 0 Å². The van der Waals surface area contributed by atoms with Crippen LogP contribution in [0.4, 0.5) is 0 Å². The Bertz CT molecular complexity index is 654. The third kappa shape index (κ3) is 4.82. The van der Waals surface area contributed by atoms with Gasteiger partial charge in [0.15, 0.2) is 0 Å². The summed E-state index contributed by atoms with van der Waals surface area (Å²) in [5.41, 5.74) is 2.81. The van der Waals surface area contributed by atoms with Crippen LogP contribution >= 0.6 is 0 Å². The summed E-state index contributed by atoms with van der Waals surface area (Å²) in [6, 6.07) is 8.83. The lowest BCUT2D eigenvalue weighted by molar-refractivity contribution is 0.174. The van der Waals surface area contributed by atoms with Gasteiger partial charge in [0.05, 0.1) is 0 Å². The first kappa shape index (κ1) is 18.8. The van der Waals surface area contributed by atoms with E-state index in [1.54, 1.807) is 4.31 Å². The van der Waals surface area contributed by atoms with Gasteiger partial charge >= 0.3 is 0 Å². The highest BCUT2D eigenvalue weighted by Crippen LogP contribution is 2.21. The number of hydrogen-bond acceptors (Lipinski definition) is 3. The van der Waals surface area contributed by atoms with Crippen LogP contribution in [0.1, 0.15) is 50.2 Å². The standard InChI is InChI=1S/C19H31N3O2S/c1-2-19(21-14-11-17-9-5-6-10-18(17)16-21)15-20-25(23,24)22-12-7-3-4-8-13-22/h5-6,9-10,19-20H,2-4,7-8,11-16H2,1H3. The van der Waals surface area contributed by atoms with Crippen molar-refractivity contribution in [2.75, 3.05) is 26.2 Å². The van der Waals surface area contributed by atoms with Gasteiger partial charge in [0.2, 0.25) is 0 Å². The van der Waals surface area contributed by atoms with E-state index in [-0.39, 0.29) is 6.04 Å². The van der Waals surface area contributed by atoms with Crippen LogP contribution in [0.2, 0.25) is 0 Å². The Morgan fingerprint density at radius 2 is 1.72 bits per heavy atom. The van der Waals surface area contributed by atoms with Crippen molar-refractivity contribution in [1.29, 1.82) is 0 Å². The molecule has 1 aromatic rings. The molecule has 0 radical (unpaired) electrons. The number of nitrogens with one attached hydrogen (secondary N) is 1. The molecule has 1 aromatic carbocycles. The zero-order valence-electron chi connectivity index (χ0n) is 15.3. The third-order valence-electron chi connectivity index (χ3n) is 5.55. The molecule has 0 aliphatic carbocycles. The fourth-order valence-electron chi connectivity index (χ4n) is 3.94. The zero-order chi connectivity index (χ0) is 17.7. The summed E-state index contributed by atoms with van der Waals surface area (Å²) in [4.78, 5) is 2.42. The summed E-state index contributed by atoms with van der Waals surface area (Å²) in [6.45, 7) is 5.87. The molecule has 0 aromatic heterocycles. The van der Waals surface area contributed by atoms with E-state index in [2.05, 4.69) is 40.8 Å². The van der Waals surface area contributed by atoms with Crippen molar-refractivity contribution in [3.05, 3.63) is 35.4 Å². The Hall–Kier alpha value is -0.950. The smallest absolute Gasteiger partial charge is 0.279 e. The minimum Gasteiger partial charge on any atom is -0.295 e. The Balaban J connectivity index is 1.59. The van der Waals surface area contributed by atoms with Gasteiger partial charge in [0.1, 0.15) is 0 Å². The van der Waals surface area contributed by atoms with Gasteiger partial charge in [-0.2, -0.15) is 12.7 Å². The van der Waals surface area contributed by atoms with Crippen molar-refractivity contribution in [1.82, 2.24) is 13.9 Å². The fraction of sp³-hybridized carbons (Fsp3) is 0.684. The monoisotopic (exact) mass is 365 g/mol. The molecular weight excluding hydrogens is 334 g/mol. The molecule has 1 unspecified atom stereocenters. The highest BCUT2D eigenvalue weighted by Gasteiger charge is 2.26. The summed E-state index contributed by atoms with van der Waals surface area (Å²) in [5, 5.41) is 0. The molecule has 0 bridgehead atoms. The highest BCUT2D eigenvalue weighted by molar-refractivity contribution is 7.87. The van der Waals surface area contributed by atoms with Gasteiger partial charge in [-0.15, -0.1) is 0 Å². The minimum absolute atomic E-state index is 0.245. The molecule has 25 heavy (non-hydrogen) atoms. The molecule has 1 N–H and O–H groups in total. The van der Waals surface area contributed by atoms with E-state index in [0.717, 1.165) is 51.6 Å². The molecule has 2 aliphatic rings. The van der Waals surface area contributed by atoms with Gasteiger partial charge in [-0.05, 0) is 36.8 Å². The highest BCUT2D eigenvalue weighted by atomic mass is 32.2. The maximum absolute atomic E-state index is 12.6. The molecule has 2 aliphatic heterocycles. The average molecular weight is 366 g/mol. The summed E-state index contributed by atoms with van der Waals surface area (Å²) in [7, 11) is -3.35. The molecule has 1 fully saturated rings. The molecule has 1 atom stereocenters. The summed E-state index contributed by atoms with van der Waals surface area (Å²) in [5.74, 6) is 0. The Morgan fingerprint density at radius 3 is 2.40 bits per heavy atom. The molecule has 1 saturated heterocycles. The largest absolute Gasteiger partial charge is 0.295 e. The van der Waals surface area contributed by atoms with Crippen molar-refractivity contribution in [3.8, 4) is 0 Å². The van der Waals surface area contributed by atoms with E-state index in [4.69, 9.17) is 0 Å². The van der Waals surface area contributed by atoms with Crippen LogP contribution in [0, 0.1) is 0 Å². The molecule has 140 valence electrons. The van der Waals surface area contributed by atoms with Crippen molar-refractivity contribution >= 4 is 10.2 Å². The van der Waals surface area contributed by atoms with Crippen LogP contribution < -0.4 is 4.72 Å². The second-order valence-corrected chi connectivity index (χ2v) is 8.97. The van der Waals surface area contributed by atoms with Crippen LogP contribution in [0.5, 0.6) is 0 Å². The third-order valence-corrected chi connectivity index (χ3v) is 7.13. The summed E-state index contributed by atoms with van der Waals surface area (Å²) >= 11 is 0. The summed E-state index contributed by atoms with van der Waals surface area (Å²) < 4.78 is 29.8. The second kappa shape index (κ2) is 8.62. The predicted octanol–water partition coefficient (Wildman–Crippen LogP) is 2.53. The van der Waals surface area contributed by atoms with Gasteiger partial charge < -0.3 is 0 Å². The zero-order valence-corrected chi connectivity index (χ0v) is 16.1. The van der Waals surface area contributed by atoms with Gasteiger partial charge in [-0.3, -0.25) is 4.90 Å². The lowest BCUT2D eigenvalue weighted by Gasteiger charge is -2.35. The molecule has 5 nitrogen and oxygen atoms in total. The first-order chi connectivity index (χ1) is 12.1. The first-order valence-corrected chi connectivity index (χ1v) is 11.1. The lowest BCUT2D eigenvalue weighted by atomic mass is 9.98. The molecule has 0 amide bonds. The van der Waals surface area contributed by atoms with Crippen LogP contribution in [-0.4, -0.2) is 49.8 Å². The van der Waals surface area contributed by atoms with Crippen LogP contribution in [0.25, 0.3) is 0 Å². The van der Waals surface area contributed by atoms with Gasteiger partial charge in [-0.1, -0.05) is 44.0 Å².